The third-order valence-electron chi connectivity index (χ3n) is 6.60. The summed E-state index contributed by atoms with van der Waals surface area (Å²) in [4.78, 5) is 17.8. The van der Waals surface area contributed by atoms with Gasteiger partial charge >= 0.3 is 0 Å². The van der Waals surface area contributed by atoms with Gasteiger partial charge in [0.1, 0.15) is 22.6 Å². The van der Waals surface area contributed by atoms with Crippen molar-refractivity contribution >= 4 is 23.4 Å². The third kappa shape index (κ3) is 7.15. The number of nitrogens with zero attached hydrogens (tertiary/aromatic N) is 2. The Bertz CT molecular complexity index is 1770. The Labute approximate surface area is 255 Å². The predicted molar refractivity (Wildman–Crippen MR) is 170 cm³/mol. The Balaban J connectivity index is 1.39. The summed E-state index contributed by atoms with van der Waals surface area (Å²) in [5.41, 5.74) is 5.20. The molecule has 4 aromatic carbocycles. The van der Waals surface area contributed by atoms with Crippen LogP contribution in [-0.2, 0) is 4.79 Å². The minimum atomic E-state index is -0.221. The normalized spacial score (nSPS) is 10.5. The number of ether oxygens (including phenoxy) is 3. The number of para-hydroxylation sites is 1. The number of nitrogens with one attached hydrogen (secondary N) is 1. The van der Waals surface area contributed by atoms with Crippen LogP contribution in [0.3, 0.4) is 0 Å². The maximum atomic E-state index is 13.0. The van der Waals surface area contributed by atoms with Crippen LogP contribution in [0.4, 0.5) is 5.69 Å². The highest BCUT2D eigenvalue weighted by Gasteiger charge is 2.18. The van der Waals surface area contributed by atoms with E-state index in [1.807, 2.05) is 79.7 Å². The van der Waals surface area contributed by atoms with Crippen LogP contribution < -0.4 is 19.5 Å². The van der Waals surface area contributed by atoms with E-state index in [4.69, 9.17) is 19.2 Å². The van der Waals surface area contributed by atoms with Crippen LogP contribution in [0, 0.1) is 18.3 Å². The molecule has 0 bridgehead atoms. The van der Waals surface area contributed by atoms with Gasteiger partial charge in [-0.25, -0.2) is 4.98 Å². The number of hydrogen-bond acceptors (Lipinski definition) is 7. The number of nitriles is 1. The van der Waals surface area contributed by atoms with Crippen LogP contribution in [0.25, 0.3) is 22.4 Å². The van der Waals surface area contributed by atoms with Crippen molar-refractivity contribution in [2.45, 2.75) is 11.9 Å². The van der Waals surface area contributed by atoms with Gasteiger partial charge < -0.3 is 19.5 Å². The van der Waals surface area contributed by atoms with Gasteiger partial charge in [0.15, 0.2) is 11.5 Å². The molecule has 0 aliphatic rings. The summed E-state index contributed by atoms with van der Waals surface area (Å²) in [5, 5.41) is 13.6. The number of thioether (sulfide) groups is 1. The molecule has 5 rings (SSSR count). The first-order valence-electron chi connectivity index (χ1n) is 13.5. The van der Waals surface area contributed by atoms with Crippen molar-refractivity contribution in [1.29, 1.82) is 5.26 Å². The number of benzene rings is 4. The number of carbonyl (C=O) groups excluding carboxylic acids is 1. The lowest BCUT2D eigenvalue weighted by Crippen LogP contribution is -2.14. The quantitative estimate of drug-likeness (QED) is 0.165. The molecule has 1 N–H and O–H groups in total. The Kier molecular flexibility index (Phi) is 9.25. The molecular formula is C35H29N3O4S. The summed E-state index contributed by atoms with van der Waals surface area (Å²) in [6, 6.07) is 34.4. The summed E-state index contributed by atoms with van der Waals surface area (Å²) < 4.78 is 16.7. The Morgan fingerprint density at radius 3 is 2.19 bits per heavy atom. The number of pyridine rings is 1. The molecule has 8 heteroatoms. The van der Waals surface area contributed by atoms with Crippen LogP contribution in [0.5, 0.6) is 23.0 Å². The summed E-state index contributed by atoms with van der Waals surface area (Å²) >= 11 is 1.22. The van der Waals surface area contributed by atoms with Gasteiger partial charge in [0.2, 0.25) is 5.91 Å². The lowest BCUT2D eigenvalue weighted by molar-refractivity contribution is -0.113. The van der Waals surface area contributed by atoms with Gasteiger partial charge in [0.25, 0.3) is 0 Å². The van der Waals surface area contributed by atoms with E-state index < -0.39 is 0 Å². The van der Waals surface area contributed by atoms with Crippen LogP contribution in [0.2, 0.25) is 0 Å². The standard InChI is InChI=1S/C35H29N3O4S/c1-23-9-11-24(12-10-23)31-20-29(25-13-18-32(40-2)33(19-25)41-3)30(21-36)35(38-31)43-22-34(39)37-26-14-16-28(17-15-26)42-27-7-5-4-6-8-27/h4-20H,22H2,1-3H3,(H,37,39). The van der Waals surface area contributed by atoms with Crippen LogP contribution in [0.1, 0.15) is 11.1 Å². The molecular weight excluding hydrogens is 558 g/mol. The Hall–Kier alpha value is -5.26. The van der Waals surface area contributed by atoms with Crippen molar-refractivity contribution in [3.8, 4) is 51.5 Å². The molecule has 0 fully saturated rings. The van der Waals surface area contributed by atoms with E-state index in [0.29, 0.717) is 44.8 Å². The largest absolute Gasteiger partial charge is 0.493 e. The van der Waals surface area contributed by atoms with E-state index >= 15 is 0 Å². The smallest absolute Gasteiger partial charge is 0.234 e. The number of aryl methyl sites for hydroxylation is 1. The van der Waals surface area contributed by atoms with Crippen molar-refractivity contribution < 1.29 is 19.0 Å². The molecule has 0 aliphatic carbocycles. The second-order valence-electron chi connectivity index (χ2n) is 9.56. The minimum Gasteiger partial charge on any atom is -0.493 e. The summed E-state index contributed by atoms with van der Waals surface area (Å²) in [7, 11) is 3.15. The number of anilines is 1. The second-order valence-corrected chi connectivity index (χ2v) is 10.5. The molecule has 1 aromatic heterocycles. The number of aromatic nitrogens is 1. The molecule has 0 aliphatic heterocycles. The number of rotatable bonds is 10. The van der Waals surface area contributed by atoms with E-state index in [2.05, 4.69) is 11.4 Å². The van der Waals surface area contributed by atoms with Crippen LogP contribution >= 0.6 is 11.8 Å². The molecule has 43 heavy (non-hydrogen) atoms. The molecule has 1 amide bonds. The molecule has 0 unspecified atom stereocenters. The fourth-order valence-corrected chi connectivity index (χ4v) is 5.20. The zero-order valence-corrected chi connectivity index (χ0v) is 24.8. The number of hydrogen-bond donors (Lipinski definition) is 1. The molecule has 214 valence electrons. The SMILES string of the molecule is COc1ccc(-c2cc(-c3ccc(C)cc3)nc(SCC(=O)Nc3ccc(Oc4ccccc4)cc3)c2C#N)cc1OC. The lowest BCUT2D eigenvalue weighted by atomic mass is 9.98. The van der Waals surface area contributed by atoms with Gasteiger partial charge in [0.05, 0.1) is 31.2 Å². The molecule has 0 spiro atoms. The number of carbonyl (C=O) groups is 1. The Morgan fingerprint density at radius 2 is 1.51 bits per heavy atom. The zero-order valence-electron chi connectivity index (χ0n) is 24.0. The van der Waals surface area contributed by atoms with Gasteiger partial charge in [-0.3, -0.25) is 4.79 Å². The average Bonchev–Trinajstić information content (AvgIpc) is 3.04. The van der Waals surface area contributed by atoms with Crippen molar-refractivity contribution in [3.63, 3.8) is 0 Å². The molecule has 5 aromatic rings. The molecule has 1 heterocycles. The fourth-order valence-electron chi connectivity index (χ4n) is 4.40. The topological polar surface area (TPSA) is 93.5 Å². The van der Waals surface area contributed by atoms with Gasteiger partial charge in [-0.2, -0.15) is 5.26 Å². The summed E-state index contributed by atoms with van der Waals surface area (Å²) in [5.74, 6) is 2.37. The van der Waals surface area contributed by atoms with Gasteiger partial charge in [0, 0.05) is 16.8 Å². The number of methoxy groups -OCH3 is 2. The van der Waals surface area contributed by atoms with Crippen molar-refractivity contribution in [3.05, 3.63) is 114 Å². The van der Waals surface area contributed by atoms with Gasteiger partial charge in [-0.15, -0.1) is 0 Å². The van der Waals surface area contributed by atoms with E-state index in [1.165, 1.54) is 11.8 Å². The molecule has 0 atom stereocenters. The molecule has 0 saturated heterocycles. The number of amides is 1. The molecule has 7 nitrogen and oxygen atoms in total. The van der Waals surface area contributed by atoms with Crippen molar-refractivity contribution in [2.24, 2.45) is 0 Å². The molecule has 0 saturated carbocycles. The highest BCUT2D eigenvalue weighted by Crippen LogP contribution is 2.38. The predicted octanol–water partition coefficient (Wildman–Crippen LogP) is 8.14. The van der Waals surface area contributed by atoms with Gasteiger partial charge in [-0.1, -0.05) is 65.9 Å². The maximum absolute atomic E-state index is 13.0. The third-order valence-corrected chi connectivity index (χ3v) is 7.57. The van der Waals surface area contributed by atoms with E-state index in [1.54, 1.807) is 44.6 Å². The highest BCUT2D eigenvalue weighted by molar-refractivity contribution is 8.00. The first kappa shape index (κ1) is 29.2. The highest BCUT2D eigenvalue weighted by atomic mass is 32.2. The monoisotopic (exact) mass is 587 g/mol. The van der Waals surface area contributed by atoms with Gasteiger partial charge in [-0.05, 0) is 67.1 Å². The van der Waals surface area contributed by atoms with Crippen LogP contribution in [0.15, 0.2) is 108 Å². The zero-order chi connectivity index (χ0) is 30.2. The Morgan fingerprint density at radius 1 is 0.837 bits per heavy atom. The second kappa shape index (κ2) is 13.6. The molecule has 0 radical (unpaired) electrons. The van der Waals surface area contributed by atoms with E-state index in [0.717, 1.165) is 22.4 Å². The van der Waals surface area contributed by atoms with E-state index in [-0.39, 0.29) is 11.7 Å². The lowest BCUT2D eigenvalue weighted by Gasteiger charge is -2.14. The fraction of sp³-hybridized carbons (Fsp3) is 0.114. The minimum absolute atomic E-state index is 0.0622. The van der Waals surface area contributed by atoms with E-state index in [9.17, 15) is 10.1 Å². The first-order valence-corrected chi connectivity index (χ1v) is 14.5. The van der Waals surface area contributed by atoms with Crippen molar-refractivity contribution in [2.75, 3.05) is 25.3 Å². The van der Waals surface area contributed by atoms with Crippen LogP contribution in [-0.4, -0.2) is 30.9 Å². The maximum Gasteiger partial charge on any atom is 0.234 e. The average molecular weight is 588 g/mol. The summed E-state index contributed by atoms with van der Waals surface area (Å²) in [6.45, 7) is 2.02. The summed E-state index contributed by atoms with van der Waals surface area (Å²) in [6.07, 6.45) is 0. The van der Waals surface area contributed by atoms with Crippen molar-refractivity contribution in [1.82, 2.24) is 4.98 Å². The first-order chi connectivity index (χ1) is 21.0.